The first-order valence-corrected chi connectivity index (χ1v) is 3.75. The maximum Gasteiger partial charge on any atom is 0.138 e. The van der Waals surface area contributed by atoms with E-state index in [0.29, 0.717) is 6.42 Å². The fraction of sp³-hybridized carbons (Fsp3) is 0.714. The van der Waals surface area contributed by atoms with E-state index in [9.17, 15) is 5.11 Å². The summed E-state index contributed by atoms with van der Waals surface area (Å²) in [5.74, 6) is 0.833. The fourth-order valence-electron chi connectivity index (χ4n) is 0.860. The lowest BCUT2D eigenvalue weighted by molar-refractivity contribution is 0.167. The number of aromatic nitrogens is 3. The van der Waals surface area contributed by atoms with E-state index in [2.05, 4.69) is 10.1 Å². The molecule has 1 aromatic heterocycles. The molecular formula is C7H13N3O. The van der Waals surface area contributed by atoms with Crippen LogP contribution in [-0.4, -0.2) is 26.0 Å². The zero-order valence-corrected chi connectivity index (χ0v) is 6.86. The summed E-state index contributed by atoms with van der Waals surface area (Å²) in [6.45, 7) is 1.95. The quantitative estimate of drug-likeness (QED) is 0.675. The summed E-state index contributed by atoms with van der Waals surface area (Å²) < 4.78 is 1.68. The highest BCUT2D eigenvalue weighted by Crippen LogP contribution is 1.99. The second-order valence-corrected chi connectivity index (χ2v) is 2.57. The molecule has 1 rings (SSSR count). The van der Waals surface area contributed by atoms with Gasteiger partial charge in [-0.25, -0.2) is 4.98 Å². The highest BCUT2D eigenvalue weighted by atomic mass is 16.3. The van der Waals surface area contributed by atoms with Gasteiger partial charge in [0.15, 0.2) is 0 Å². The third-order valence-electron chi connectivity index (χ3n) is 1.69. The van der Waals surface area contributed by atoms with Gasteiger partial charge >= 0.3 is 0 Å². The molecule has 1 atom stereocenters. The zero-order valence-electron chi connectivity index (χ0n) is 6.86. The molecular weight excluding hydrogens is 142 g/mol. The Morgan fingerprint density at radius 1 is 1.73 bits per heavy atom. The number of hydrogen-bond acceptors (Lipinski definition) is 3. The Labute approximate surface area is 65.9 Å². The minimum Gasteiger partial charge on any atom is -0.393 e. The molecule has 1 heterocycles. The van der Waals surface area contributed by atoms with Gasteiger partial charge in [-0.1, -0.05) is 6.92 Å². The van der Waals surface area contributed by atoms with Crippen molar-refractivity contribution in [1.82, 2.24) is 14.8 Å². The van der Waals surface area contributed by atoms with Gasteiger partial charge in [0, 0.05) is 13.5 Å². The minimum absolute atomic E-state index is 0.294. The van der Waals surface area contributed by atoms with Crippen molar-refractivity contribution in [2.24, 2.45) is 7.05 Å². The molecule has 0 spiro atoms. The number of nitrogens with zero attached hydrogens (tertiary/aromatic N) is 3. The van der Waals surface area contributed by atoms with Gasteiger partial charge in [0.2, 0.25) is 0 Å². The Balaban J connectivity index is 2.56. The predicted octanol–water partition coefficient (Wildman–Crippen LogP) is 0.128. The molecule has 4 heteroatoms. The van der Waals surface area contributed by atoms with Crippen molar-refractivity contribution in [3.05, 3.63) is 12.2 Å². The molecule has 11 heavy (non-hydrogen) atoms. The number of aryl methyl sites for hydroxylation is 1. The summed E-state index contributed by atoms with van der Waals surface area (Å²) in [7, 11) is 1.82. The predicted molar refractivity (Wildman–Crippen MR) is 41.0 cm³/mol. The van der Waals surface area contributed by atoms with E-state index in [4.69, 9.17) is 0 Å². The van der Waals surface area contributed by atoms with E-state index in [1.165, 1.54) is 6.33 Å². The average Bonchev–Trinajstić information content (AvgIpc) is 2.37. The van der Waals surface area contributed by atoms with Crippen molar-refractivity contribution >= 4 is 0 Å². The van der Waals surface area contributed by atoms with Crippen LogP contribution in [-0.2, 0) is 13.5 Å². The molecule has 0 fully saturated rings. The van der Waals surface area contributed by atoms with Crippen LogP contribution in [0.15, 0.2) is 6.33 Å². The second kappa shape index (κ2) is 3.48. The van der Waals surface area contributed by atoms with Crippen molar-refractivity contribution in [3.8, 4) is 0 Å². The normalized spacial score (nSPS) is 13.4. The molecule has 0 aromatic carbocycles. The molecule has 62 valence electrons. The van der Waals surface area contributed by atoms with E-state index in [1.807, 2.05) is 14.0 Å². The van der Waals surface area contributed by atoms with E-state index in [0.717, 1.165) is 12.2 Å². The molecule has 0 aliphatic carbocycles. The van der Waals surface area contributed by atoms with Crippen LogP contribution in [0.2, 0.25) is 0 Å². The molecule has 1 unspecified atom stereocenters. The van der Waals surface area contributed by atoms with Gasteiger partial charge in [0.05, 0.1) is 6.10 Å². The molecule has 0 radical (unpaired) electrons. The molecule has 0 aliphatic rings. The molecule has 4 nitrogen and oxygen atoms in total. The molecule has 0 bridgehead atoms. The maximum absolute atomic E-state index is 9.27. The van der Waals surface area contributed by atoms with Gasteiger partial charge in [0.25, 0.3) is 0 Å². The van der Waals surface area contributed by atoms with E-state index >= 15 is 0 Å². The van der Waals surface area contributed by atoms with Crippen LogP contribution in [0.4, 0.5) is 0 Å². The Morgan fingerprint density at radius 2 is 2.45 bits per heavy atom. The Bertz CT molecular complexity index is 221. The first-order chi connectivity index (χ1) is 5.24. The monoisotopic (exact) mass is 155 g/mol. The lowest BCUT2D eigenvalue weighted by Gasteiger charge is -2.05. The summed E-state index contributed by atoms with van der Waals surface area (Å²) in [6.07, 6.45) is 2.55. The standard InChI is InChI=1S/C7H13N3O/c1-3-6(11)4-7-8-5-9-10(7)2/h5-6,11H,3-4H2,1-2H3. The van der Waals surface area contributed by atoms with Crippen molar-refractivity contribution < 1.29 is 5.11 Å². The number of aliphatic hydroxyl groups excluding tert-OH is 1. The molecule has 0 saturated heterocycles. The van der Waals surface area contributed by atoms with Crippen LogP contribution >= 0.6 is 0 Å². The minimum atomic E-state index is -0.294. The number of hydrogen-bond donors (Lipinski definition) is 1. The average molecular weight is 155 g/mol. The number of rotatable bonds is 3. The summed E-state index contributed by atoms with van der Waals surface area (Å²) >= 11 is 0. The summed E-state index contributed by atoms with van der Waals surface area (Å²) in [5, 5.41) is 13.2. The van der Waals surface area contributed by atoms with E-state index in [-0.39, 0.29) is 6.10 Å². The van der Waals surface area contributed by atoms with Gasteiger partial charge in [0.1, 0.15) is 12.2 Å². The maximum atomic E-state index is 9.27. The SMILES string of the molecule is CCC(O)Cc1ncnn1C. The van der Waals surface area contributed by atoms with Crippen LogP contribution in [0, 0.1) is 0 Å². The second-order valence-electron chi connectivity index (χ2n) is 2.57. The fourth-order valence-corrected chi connectivity index (χ4v) is 0.860. The Hall–Kier alpha value is -0.900. The largest absolute Gasteiger partial charge is 0.393 e. The van der Waals surface area contributed by atoms with Crippen LogP contribution in [0.3, 0.4) is 0 Å². The third kappa shape index (κ3) is 2.01. The number of aliphatic hydroxyl groups is 1. The van der Waals surface area contributed by atoms with Crippen molar-refractivity contribution in [2.75, 3.05) is 0 Å². The van der Waals surface area contributed by atoms with Gasteiger partial charge < -0.3 is 5.11 Å². The summed E-state index contributed by atoms with van der Waals surface area (Å²) in [6, 6.07) is 0. The Morgan fingerprint density at radius 3 is 2.91 bits per heavy atom. The van der Waals surface area contributed by atoms with Crippen LogP contribution in [0.1, 0.15) is 19.2 Å². The molecule has 0 aliphatic heterocycles. The smallest absolute Gasteiger partial charge is 0.138 e. The molecule has 1 N–H and O–H groups in total. The van der Waals surface area contributed by atoms with Gasteiger partial charge in [-0.15, -0.1) is 0 Å². The first-order valence-electron chi connectivity index (χ1n) is 3.75. The lowest BCUT2D eigenvalue weighted by Crippen LogP contribution is -2.12. The molecule has 0 saturated carbocycles. The van der Waals surface area contributed by atoms with Gasteiger partial charge in [-0.3, -0.25) is 4.68 Å². The van der Waals surface area contributed by atoms with E-state index < -0.39 is 0 Å². The third-order valence-corrected chi connectivity index (χ3v) is 1.69. The molecule has 1 aromatic rings. The topological polar surface area (TPSA) is 50.9 Å². The molecule has 0 amide bonds. The highest BCUT2D eigenvalue weighted by molar-refractivity contribution is 4.85. The van der Waals surface area contributed by atoms with Gasteiger partial charge in [-0.05, 0) is 6.42 Å². The lowest BCUT2D eigenvalue weighted by atomic mass is 10.2. The van der Waals surface area contributed by atoms with Gasteiger partial charge in [-0.2, -0.15) is 5.10 Å². The first kappa shape index (κ1) is 8.20. The van der Waals surface area contributed by atoms with Crippen LogP contribution in [0.5, 0.6) is 0 Å². The van der Waals surface area contributed by atoms with Crippen molar-refractivity contribution in [1.29, 1.82) is 0 Å². The zero-order chi connectivity index (χ0) is 8.27. The van der Waals surface area contributed by atoms with Crippen LogP contribution in [0.25, 0.3) is 0 Å². The highest BCUT2D eigenvalue weighted by Gasteiger charge is 2.06. The van der Waals surface area contributed by atoms with E-state index in [1.54, 1.807) is 4.68 Å². The van der Waals surface area contributed by atoms with Crippen molar-refractivity contribution in [2.45, 2.75) is 25.9 Å². The van der Waals surface area contributed by atoms with Crippen molar-refractivity contribution in [3.63, 3.8) is 0 Å². The van der Waals surface area contributed by atoms with Crippen LogP contribution < -0.4 is 0 Å². The summed E-state index contributed by atoms with van der Waals surface area (Å²) in [4.78, 5) is 4.00. The Kier molecular flexibility index (Phi) is 2.59. The summed E-state index contributed by atoms with van der Waals surface area (Å²) in [5.41, 5.74) is 0.